The first-order chi connectivity index (χ1) is 7.92. The summed E-state index contributed by atoms with van der Waals surface area (Å²) in [6, 6.07) is 0. The largest absolute Gasteiger partial charge is 0.393 e. The van der Waals surface area contributed by atoms with Gasteiger partial charge in [0.05, 0.1) is 6.10 Å². The smallest absolute Gasteiger partial charge is 0.389 e. The zero-order valence-electron chi connectivity index (χ0n) is 10.5. The zero-order valence-corrected chi connectivity index (χ0v) is 10.5. The van der Waals surface area contributed by atoms with Gasteiger partial charge >= 0.3 is 6.18 Å². The Morgan fingerprint density at radius 1 is 1.18 bits per heavy atom. The van der Waals surface area contributed by atoms with E-state index in [1.807, 2.05) is 0 Å². The fourth-order valence-corrected chi connectivity index (χ4v) is 2.82. The van der Waals surface area contributed by atoms with E-state index in [0.717, 1.165) is 31.6 Å². The van der Waals surface area contributed by atoms with Crippen LogP contribution in [-0.2, 0) is 0 Å². The highest BCUT2D eigenvalue weighted by molar-refractivity contribution is 4.78. The van der Waals surface area contributed by atoms with Crippen LogP contribution < -0.4 is 0 Å². The monoisotopic (exact) mass is 252 g/mol. The predicted molar refractivity (Wildman–Crippen MR) is 61.7 cm³/mol. The van der Waals surface area contributed by atoms with E-state index in [9.17, 15) is 18.3 Å². The maximum atomic E-state index is 12.0. The third kappa shape index (κ3) is 5.75. The highest BCUT2D eigenvalue weighted by atomic mass is 19.4. The minimum absolute atomic E-state index is 0.0884. The molecule has 0 aromatic heterocycles. The van der Waals surface area contributed by atoms with Gasteiger partial charge in [-0.05, 0) is 31.1 Å². The van der Waals surface area contributed by atoms with E-state index in [2.05, 4.69) is 6.92 Å². The van der Waals surface area contributed by atoms with Gasteiger partial charge < -0.3 is 5.11 Å². The molecule has 0 saturated heterocycles. The Morgan fingerprint density at radius 3 is 2.24 bits per heavy atom. The van der Waals surface area contributed by atoms with E-state index in [4.69, 9.17) is 0 Å². The Bertz CT molecular complexity index is 207. The van der Waals surface area contributed by atoms with Gasteiger partial charge in [0.1, 0.15) is 0 Å². The Morgan fingerprint density at radius 2 is 1.76 bits per heavy atom. The van der Waals surface area contributed by atoms with E-state index < -0.39 is 18.7 Å². The summed E-state index contributed by atoms with van der Waals surface area (Å²) in [6.45, 7) is 2.16. The van der Waals surface area contributed by atoms with Crippen LogP contribution in [0.2, 0.25) is 0 Å². The first-order valence-electron chi connectivity index (χ1n) is 6.67. The molecule has 0 bridgehead atoms. The quantitative estimate of drug-likeness (QED) is 0.773. The van der Waals surface area contributed by atoms with Crippen LogP contribution in [-0.4, -0.2) is 17.4 Å². The van der Waals surface area contributed by atoms with Crippen molar-refractivity contribution in [2.24, 2.45) is 11.8 Å². The molecule has 0 aromatic carbocycles. The second-order valence-corrected chi connectivity index (χ2v) is 5.29. The number of rotatable bonds is 5. The van der Waals surface area contributed by atoms with Gasteiger partial charge in [-0.1, -0.05) is 32.6 Å². The maximum Gasteiger partial charge on any atom is 0.389 e. The Balaban J connectivity index is 2.23. The molecule has 102 valence electrons. The van der Waals surface area contributed by atoms with Crippen molar-refractivity contribution < 1.29 is 18.3 Å². The molecule has 1 fully saturated rings. The van der Waals surface area contributed by atoms with Crippen molar-refractivity contribution in [1.29, 1.82) is 0 Å². The first kappa shape index (κ1) is 14.8. The van der Waals surface area contributed by atoms with E-state index >= 15 is 0 Å². The van der Waals surface area contributed by atoms with Crippen LogP contribution in [0.25, 0.3) is 0 Å². The number of hydrogen-bond acceptors (Lipinski definition) is 1. The lowest BCUT2D eigenvalue weighted by Crippen LogP contribution is -2.27. The van der Waals surface area contributed by atoms with Crippen molar-refractivity contribution in [2.75, 3.05) is 0 Å². The van der Waals surface area contributed by atoms with Crippen LogP contribution in [0.5, 0.6) is 0 Å². The second-order valence-electron chi connectivity index (χ2n) is 5.29. The first-order valence-corrected chi connectivity index (χ1v) is 6.67. The molecule has 1 aliphatic carbocycles. The zero-order chi connectivity index (χ0) is 12.9. The minimum atomic E-state index is -4.14. The molecule has 0 aliphatic heterocycles. The van der Waals surface area contributed by atoms with Crippen molar-refractivity contribution in [3.05, 3.63) is 0 Å². The van der Waals surface area contributed by atoms with E-state index in [0.29, 0.717) is 0 Å². The molecule has 0 spiro atoms. The predicted octanol–water partition coefficient (Wildman–Crippen LogP) is 4.30. The average Bonchev–Trinajstić information content (AvgIpc) is 2.26. The highest BCUT2D eigenvalue weighted by Gasteiger charge is 2.31. The molecule has 0 heterocycles. The van der Waals surface area contributed by atoms with Crippen molar-refractivity contribution in [3.8, 4) is 0 Å². The van der Waals surface area contributed by atoms with Crippen molar-refractivity contribution in [2.45, 2.75) is 70.6 Å². The van der Waals surface area contributed by atoms with E-state index in [1.54, 1.807) is 0 Å². The molecule has 1 saturated carbocycles. The maximum absolute atomic E-state index is 12.0. The number of aliphatic hydroxyl groups excluding tert-OH is 1. The third-order valence-electron chi connectivity index (χ3n) is 3.86. The summed E-state index contributed by atoms with van der Waals surface area (Å²) in [5, 5.41) is 9.75. The fourth-order valence-electron chi connectivity index (χ4n) is 2.82. The van der Waals surface area contributed by atoms with Crippen molar-refractivity contribution in [3.63, 3.8) is 0 Å². The lowest BCUT2D eigenvalue weighted by Gasteiger charge is -2.31. The third-order valence-corrected chi connectivity index (χ3v) is 3.86. The summed E-state index contributed by atoms with van der Waals surface area (Å²) in [6.07, 6.45) is 0.420. The summed E-state index contributed by atoms with van der Waals surface area (Å²) in [4.78, 5) is 0. The van der Waals surface area contributed by atoms with Crippen LogP contribution in [0.3, 0.4) is 0 Å². The molecule has 1 unspecified atom stereocenters. The summed E-state index contributed by atoms with van der Waals surface area (Å²) in [5.41, 5.74) is 0. The SMILES string of the molecule is CCCC1CCC(C(O)CCC(F)(F)F)CC1. The summed E-state index contributed by atoms with van der Waals surface area (Å²) >= 11 is 0. The lowest BCUT2D eigenvalue weighted by atomic mass is 9.77. The highest BCUT2D eigenvalue weighted by Crippen LogP contribution is 2.35. The molecular weight excluding hydrogens is 229 g/mol. The minimum Gasteiger partial charge on any atom is -0.393 e. The Kier molecular flexibility index (Phi) is 5.77. The Hall–Kier alpha value is -0.250. The summed E-state index contributed by atoms with van der Waals surface area (Å²) < 4.78 is 36.1. The van der Waals surface area contributed by atoms with Gasteiger partial charge in [0.15, 0.2) is 0 Å². The van der Waals surface area contributed by atoms with Gasteiger partial charge in [0, 0.05) is 6.42 Å². The normalized spacial score (nSPS) is 28.1. The molecule has 0 aromatic rings. The van der Waals surface area contributed by atoms with Gasteiger partial charge in [-0.15, -0.1) is 0 Å². The van der Waals surface area contributed by atoms with Crippen LogP contribution in [0, 0.1) is 11.8 Å². The summed E-state index contributed by atoms with van der Waals surface area (Å²) in [5.74, 6) is 0.816. The molecule has 1 aliphatic rings. The lowest BCUT2D eigenvalue weighted by molar-refractivity contribution is -0.142. The number of hydrogen-bond donors (Lipinski definition) is 1. The molecule has 1 rings (SSSR count). The number of aliphatic hydroxyl groups is 1. The topological polar surface area (TPSA) is 20.2 Å². The molecule has 0 amide bonds. The van der Waals surface area contributed by atoms with Gasteiger partial charge in [-0.25, -0.2) is 0 Å². The molecule has 1 nitrogen and oxygen atoms in total. The van der Waals surface area contributed by atoms with Crippen molar-refractivity contribution >= 4 is 0 Å². The van der Waals surface area contributed by atoms with Gasteiger partial charge in [0.25, 0.3) is 0 Å². The molecule has 0 radical (unpaired) electrons. The van der Waals surface area contributed by atoms with Crippen molar-refractivity contribution in [1.82, 2.24) is 0 Å². The molecular formula is C13H23F3O. The molecule has 17 heavy (non-hydrogen) atoms. The number of alkyl halides is 3. The van der Waals surface area contributed by atoms with E-state index in [1.165, 1.54) is 12.8 Å². The van der Waals surface area contributed by atoms with Gasteiger partial charge in [-0.2, -0.15) is 13.2 Å². The van der Waals surface area contributed by atoms with Crippen LogP contribution >= 0.6 is 0 Å². The standard InChI is InChI=1S/C13H23F3O/c1-2-3-10-4-6-11(7-5-10)12(17)8-9-13(14,15)16/h10-12,17H,2-9H2,1H3. The fraction of sp³-hybridized carbons (Fsp3) is 1.00. The van der Waals surface area contributed by atoms with Gasteiger partial charge in [-0.3, -0.25) is 0 Å². The molecule has 4 heteroatoms. The summed E-state index contributed by atoms with van der Waals surface area (Å²) in [7, 11) is 0. The van der Waals surface area contributed by atoms with Crippen LogP contribution in [0.1, 0.15) is 58.3 Å². The Labute approximate surface area is 101 Å². The van der Waals surface area contributed by atoms with Gasteiger partial charge in [0.2, 0.25) is 0 Å². The van der Waals surface area contributed by atoms with Crippen LogP contribution in [0.4, 0.5) is 13.2 Å². The van der Waals surface area contributed by atoms with E-state index in [-0.39, 0.29) is 12.3 Å². The molecule has 1 atom stereocenters. The number of halogens is 3. The van der Waals surface area contributed by atoms with Crippen LogP contribution in [0.15, 0.2) is 0 Å². The second kappa shape index (κ2) is 6.62. The average molecular weight is 252 g/mol. The molecule has 1 N–H and O–H groups in total.